The van der Waals surface area contributed by atoms with Crippen molar-refractivity contribution in [2.45, 2.75) is 51.5 Å². The molecule has 2 atom stereocenters. The molecule has 0 spiro atoms. The Morgan fingerprint density at radius 3 is 2.64 bits per heavy atom. The number of H-pyrrole nitrogens is 1. The van der Waals surface area contributed by atoms with Gasteiger partial charge in [-0.3, -0.25) is 9.59 Å². The Hall–Kier alpha value is -2.59. The van der Waals surface area contributed by atoms with Gasteiger partial charge in [-0.15, -0.1) is 0 Å². The summed E-state index contributed by atoms with van der Waals surface area (Å²) in [4.78, 5) is 26.3. The van der Waals surface area contributed by atoms with Gasteiger partial charge in [-0.1, -0.05) is 23.9 Å². The first-order chi connectivity index (χ1) is 13.3. The second-order valence-electron chi connectivity index (χ2n) is 7.00. The lowest BCUT2D eigenvalue weighted by atomic mass is 9.79. The lowest BCUT2D eigenvalue weighted by Gasteiger charge is -2.30. The summed E-state index contributed by atoms with van der Waals surface area (Å²) in [6.45, 7) is 3.22. The van der Waals surface area contributed by atoms with E-state index < -0.39 is 29.0 Å². The van der Waals surface area contributed by atoms with Gasteiger partial charge in [0.1, 0.15) is 5.56 Å². The molecule has 1 aliphatic rings. The van der Waals surface area contributed by atoms with Gasteiger partial charge in [-0.2, -0.15) is 0 Å². The molecule has 1 aromatic carbocycles. The van der Waals surface area contributed by atoms with Crippen LogP contribution in [0.25, 0.3) is 10.9 Å². The molecule has 0 saturated heterocycles. The van der Waals surface area contributed by atoms with Crippen LogP contribution in [0.5, 0.6) is 0 Å². The number of benzene rings is 1. The number of aryl methyl sites for hydroxylation is 1. The highest BCUT2D eigenvalue weighted by atomic mass is 35.5. The fraction of sp³-hybridized carbons (Fsp3) is 0.400. The van der Waals surface area contributed by atoms with Gasteiger partial charge in [0.15, 0.2) is 11.6 Å². The van der Waals surface area contributed by atoms with Crippen molar-refractivity contribution < 1.29 is 18.4 Å². The van der Waals surface area contributed by atoms with E-state index in [1.54, 1.807) is 13.8 Å². The second-order valence-corrected chi connectivity index (χ2v) is 7.38. The monoisotopic (exact) mass is 407 g/mol. The summed E-state index contributed by atoms with van der Waals surface area (Å²) in [7, 11) is 0. The normalized spacial score (nSPS) is 19.2. The smallest absolute Gasteiger partial charge is 0.296 e. The van der Waals surface area contributed by atoms with Crippen LogP contribution in [0.15, 0.2) is 0 Å². The Morgan fingerprint density at radius 2 is 2.00 bits per heavy atom. The molecule has 2 amide bonds. The topological polar surface area (TPSA) is 88.0 Å². The van der Waals surface area contributed by atoms with Gasteiger partial charge in [-0.25, -0.2) is 8.78 Å². The molecule has 1 saturated carbocycles. The molecule has 2 aromatic rings. The maximum Gasteiger partial charge on any atom is 0.296 e. The van der Waals surface area contributed by atoms with Crippen LogP contribution >= 0.6 is 11.6 Å². The standard InChI is InChI=1S/C20H20ClF2N3O2/c1-3-5-12(27)26-11-7-4-6-10(8-11)13-14-16(21)9(2)25-19(14)15(20(24)28)18(23)17(13)22/h10-11,25H,4,6-8H2,1-2H3,(H2,24,28)(H,26,27)/t10-,11?/m0/s1. The average molecular weight is 408 g/mol. The summed E-state index contributed by atoms with van der Waals surface area (Å²) < 4.78 is 29.8. The predicted octanol–water partition coefficient (Wildman–Crippen LogP) is 3.67. The number of nitrogens with one attached hydrogen (secondary N) is 2. The number of nitrogens with two attached hydrogens (primary N) is 1. The Kier molecular flexibility index (Phi) is 5.61. The highest BCUT2D eigenvalue weighted by Gasteiger charge is 2.33. The minimum atomic E-state index is -1.28. The minimum Gasteiger partial charge on any atom is -0.365 e. The minimum absolute atomic E-state index is 0.104. The molecular formula is C20H20ClF2N3O2. The molecule has 0 radical (unpaired) electrons. The summed E-state index contributed by atoms with van der Waals surface area (Å²) in [6.07, 6.45) is 2.46. The van der Waals surface area contributed by atoms with E-state index in [1.165, 1.54) is 0 Å². The highest BCUT2D eigenvalue weighted by molar-refractivity contribution is 6.37. The SMILES string of the molecule is CC#CC(=O)NC1CCC[C@H](c2c(F)c(F)c(C(N)=O)c3[nH]c(C)c(Cl)c23)C1. The van der Waals surface area contributed by atoms with Crippen molar-refractivity contribution in [1.82, 2.24) is 10.3 Å². The Bertz CT molecular complexity index is 1040. The first kappa shape index (κ1) is 20.2. The van der Waals surface area contributed by atoms with Crippen LogP contribution in [0.3, 0.4) is 0 Å². The third-order valence-corrected chi connectivity index (χ3v) is 5.65. The van der Waals surface area contributed by atoms with Gasteiger partial charge < -0.3 is 16.0 Å². The fourth-order valence-electron chi connectivity index (χ4n) is 4.02. The van der Waals surface area contributed by atoms with Gasteiger partial charge in [0, 0.05) is 22.7 Å². The number of hydrogen-bond donors (Lipinski definition) is 3. The molecule has 0 bridgehead atoms. The molecule has 148 valence electrons. The van der Waals surface area contributed by atoms with E-state index in [9.17, 15) is 14.0 Å². The fourth-order valence-corrected chi connectivity index (χ4v) is 4.27. The average Bonchev–Trinajstić information content (AvgIpc) is 2.91. The van der Waals surface area contributed by atoms with E-state index in [0.29, 0.717) is 18.5 Å². The molecule has 3 rings (SSSR count). The van der Waals surface area contributed by atoms with Crippen molar-refractivity contribution in [2.24, 2.45) is 5.73 Å². The van der Waals surface area contributed by atoms with Gasteiger partial charge in [0.2, 0.25) is 0 Å². The number of carbonyl (C=O) groups is 2. The van der Waals surface area contributed by atoms with Gasteiger partial charge in [0.25, 0.3) is 11.8 Å². The third kappa shape index (κ3) is 3.45. The van der Waals surface area contributed by atoms with Crippen molar-refractivity contribution in [3.05, 3.63) is 33.5 Å². The van der Waals surface area contributed by atoms with Crippen molar-refractivity contribution in [1.29, 1.82) is 0 Å². The first-order valence-corrected chi connectivity index (χ1v) is 9.35. The summed E-state index contributed by atoms with van der Waals surface area (Å²) in [5, 5.41) is 3.31. The zero-order valence-corrected chi connectivity index (χ0v) is 16.3. The maximum absolute atomic E-state index is 15.1. The lowest BCUT2D eigenvalue weighted by molar-refractivity contribution is -0.116. The third-order valence-electron chi connectivity index (χ3n) is 5.18. The molecule has 0 aliphatic heterocycles. The number of aromatic nitrogens is 1. The van der Waals surface area contributed by atoms with Crippen LogP contribution in [0, 0.1) is 30.4 Å². The van der Waals surface area contributed by atoms with Crippen LogP contribution in [-0.2, 0) is 4.79 Å². The van der Waals surface area contributed by atoms with E-state index in [4.69, 9.17) is 17.3 Å². The molecule has 8 heteroatoms. The zero-order valence-electron chi connectivity index (χ0n) is 15.5. The predicted molar refractivity (Wildman–Crippen MR) is 103 cm³/mol. The van der Waals surface area contributed by atoms with Crippen molar-refractivity contribution in [3.63, 3.8) is 0 Å². The summed E-state index contributed by atoms with van der Waals surface area (Å²) >= 11 is 6.37. The second kappa shape index (κ2) is 7.80. The Morgan fingerprint density at radius 1 is 1.29 bits per heavy atom. The summed E-state index contributed by atoms with van der Waals surface area (Å²) in [6, 6.07) is -0.209. The van der Waals surface area contributed by atoms with Gasteiger partial charge >= 0.3 is 0 Å². The lowest BCUT2D eigenvalue weighted by Crippen LogP contribution is -2.37. The van der Waals surface area contributed by atoms with Gasteiger partial charge in [0.05, 0.1) is 10.5 Å². The molecule has 1 aromatic heterocycles. The number of aromatic amines is 1. The number of hydrogen-bond acceptors (Lipinski definition) is 2. The molecule has 1 heterocycles. The van der Waals surface area contributed by atoms with E-state index in [-0.39, 0.29) is 33.4 Å². The largest absolute Gasteiger partial charge is 0.365 e. The van der Waals surface area contributed by atoms with Crippen molar-refractivity contribution in [3.8, 4) is 11.8 Å². The van der Waals surface area contributed by atoms with Crippen LogP contribution < -0.4 is 11.1 Å². The quantitative estimate of drug-likeness (QED) is 0.678. The molecule has 5 nitrogen and oxygen atoms in total. The van der Waals surface area contributed by atoms with Crippen LogP contribution in [0.4, 0.5) is 8.78 Å². The number of rotatable bonds is 3. The van der Waals surface area contributed by atoms with Crippen LogP contribution in [-0.4, -0.2) is 22.8 Å². The Labute approximate surface area is 166 Å². The molecule has 1 unspecified atom stereocenters. The highest BCUT2D eigenvalue weighted by Crippen LogP contribution is 2.43. The maximum atomic E-state index is 15.1. The first-order valence-electron chi connectivity index (χ1n) is 8.97. The number of fused-ring (bicyclic) bond motifs is 1. The number of carbonyl (C=O) groups excluding carboxylic acids is 2. The molecular weight excluding hydrogens is 388 g/mol. The van der Waals surface area contributed by atoms with Crippen LogP contribution in [0.2, 0.25) is 5.02 Å². The number of amides is 2. The van der Waals surface area contributed by atoms with Crippen molar-refractivity contribution >= 4 is 34.3 Å². The zero-order chi connectivity index (χ0) is 20.6. The van der Waals surface area contributed by atoms with Crippen LogP contribution in [0.1, 0.15) is 60.1 Å². The van der Waals surface area contributed by atoms with Gasteiger partial charge in [-0.05, 0) is 44.9 Å². The van der Waals surface area contributed by atoms with E-state index in [0.717, 1.165) is 12.8 Å². The molecule has 1 aliphatic carbocycles. The van der Waals surface area contributed by atoms with E-state index in [2.05, 4.69) is 22.1 Å². The summed E-state index contributed by atoms with van der Waals surface area (Å²) in [5.41, 5.74) is 5.45. The number of halogens is 3. The van der Waals surface area contributed by atoms with E-state index >= 15 is 4.39 Å². The number of primary amides is 1. The Balaban J connectivity index is 2.11. The van der Waals surface area contributed by atoms with Crippen molar-refractivity contribution in [2.75, 3.05) is 0 Å². The molecule has 1 fully saturated rings. The van der Waals surface area contributed by atoms with E-state index in [1.807, 2.05) is 0 Å². The molecule has 28 heavy (non-hydrogen) atoms. The summed E-state index contributed by atoms with van der Waals surface area (Å²) in [5.74, 6) is 0.705. The molecule has 4 N–H and O–H groups in total.